The molecule has 1 aliphatic rings. The molecular formula is C18H23NO2. The number of rotatable bonds is 6. The summed E-state index contributed by atoms with van der Waals surface area (Å²) in [5.74, 6) is 6.74. The number of carbonyl (C=O) groups excluding carboxylic acids is 1. The van der Waals surface area contributed by atoms with Crippen LogP contribution in [0.3, 0.4) is 0 Å². The molecule has 21 heavy (non-hydrogen) atoms. The van der Waals surface area contributed by atoms with Crippen LogP contribution in [0.4, 0.5) is 0 Å². The molecule has 3 nitrogen and oxygen atoms in total. The summed E-state index contributed by atoms with van der Waals surface area (Å²) in [6, 6.07) is 5.65. The number of hydrogen-bond acceptors (Lipinski definition) is 2. The van der Waals surface area contributed by atoms with Crippen molar-refractivity contribution in [1.82, 2.24) is 5.32 Å². The Labute approximate surface area is 126 Å². The smallest absolute Gasteiger partial charge is 0.251 e. The average Bonchev–Trinajstić information content (AvgIpc) is 3.29. The Morgan fingerprint density at radius 2 is 2.24 bits per heavy atom. The Morgan fingerprint density at radius 3 is 2.95 bits per heavy atom. The number of aliphatic hydroxyl groups is 1. The van der Waals surface area contributed by atoms with Gasteiger partial charge in [0.2, 0.25) is 0 Å². The number of carbonyl (C=O) groups is 1. The van der Waals surface area contributed by atoms with Gasteiger partial charge in [-0.3, -0.25) is 4.79 Å². The molecular weight excluding hydrogens is 262 g/mol. The average molecular weight is 285 g/mol. The van der Waals surface area contributed by atoms with E-state index in [0.717, 1.165) is 30.0 Å². The second-order valence-electron chi connectivity index (χ2n) is 5.65. The molecule has 1 aliphatic carbocycles. The first-order valence-electron chi connectivity index (χ1n) is 7.69. The third kappa shape index (κ3) is 5.24. The van der Waals surface area contributed by atoms with Crippen LogP contribution in [0, 0.1) is 24.7 Å². The Balaban J connectivity index is 1.91. The Bertz CT molecular complexity index is 550. The molecule has 1 amide bonds. The molecule has 0 atom stereocenters. The standard InChI is InChI=1S/C18H23NO2/c1-14-7-8-16(5-2-3-12-20)13-17(14)18(21)19-11-4-6-15-9-10-15/h7-8,13,15,20H,3-4,6,9-12H2,1H3,(H,19,21). The van der Waals surface area contributed by atoms with Crippen LogP contribution in [0.2, 0.25) is 0 Å². The SMILES string of the molecule is Cc1ccc(C#CCCO)cc1C(=O)NCCCC1CC1. The lowest BCUT2D eigenvalue weighted by Crippen LogP contribution is -2.25. The fourth-order valence-corrected chi connectivity index (χ4v) is 2.26. The van der Waals surface area contributed by atoms with Crippen LogP contribution in [0.15, 0.2) is 18.2 Å². The normalized spacial score (nSPS) is 13.4. The van der Waals surface area contributed by atoms with E-state index in [9.17, 15) is 4.79 Å². The van der Waals surface area contributed by atoms with Crippen molar-refractivity contribution in [3.05, 3.63) is 34.9 Å². The first-order valence-corrected chi connectivity index (χ1v) is 7.69. The second kappa shape index (κ2) is 7.85. The van der Waals surface area contributed by atoms with E-state index in [2.05, 4.69) is 17.2 Å². The summed E-state index contributed by atoms with van der Waals surface area (Å²) in [6.45, 7) is 2.74. The van der Waals surface area contributed by atoms with E-state index in [1.807, 2.05) is 25.1 Å². The van der Waals surface area contributed by atoms with Crippen molar-refractivity contribution in [2.45, 2.75) is 39.0 Å². The predicted octanol–water partition coefficient (Wildman–Crippen LogP) is 2.65. The molecule has 2 rings (SSSR count). The number of hydrogen-bond donors (Lipinski definition) is 2. The zero-order chi connectivity index (χ0) is 15.1. The van der Waals surface area contributed by atoms with Gasteiger partial charge in [0.05, 0.1) is 6.61 Å². The highest BCUT2D eigenvalue weighted by atomic mass is 16.2. The van der Waals surface area contributed by atoms with Gasteiger partial charge in [-0.2, -0.15) is 0 Å². The summed E-state index contributed by atoms with van der Waals surface area (Å²) in [7, 11) is 0. The van der Waals surface area contributed by atoms with Gasteiger partial charge in [0.1, 0.15) is 0 Å². The lowest BCUT2D eigenvalue weighted by atomic mass is 10.0. The molecule has 1 fully saturated rings. The van der Waals surface area contributed by atoms with Gasteiger partial charge in [-0.05, 0) is 43.4 Å². The Morgan fingerprint density at radius 1 is 1.43 bits per heavy atom. The minimum absolute atomic E-state index is 0.0193. The van der Waals surface area contributed by atoms with Crippen LogP contribution in [0.25, 0.3) is 0 Å². The molecule has 0 saturated heterocycles. The van der Waals surface area contributed by atoms with Crippen LogP contribution in [0.5, 0.6) is 0 Å². The van der Waals surface area contributed by atoms with Crippen LogP contribution in [-0.2, 0) is 0 Å². The van der Waals surface area contributed by atoms with Gasteiger partial charge >= 0.3 is 0 Å². The van der Waals surface area contributed by atoms with E-state index in [1.165, 1.54) is 19.3 Å². The van der Waals surface area contributed by atoms with Gasteiger partial charge in [-0.25, -0.2) is 0 Å². The molecule has 1 saturated carbocycles. The predicted molar refractivity (Wildman–Crippen MR) is 84.1 cm³/mol. The molecule has 3 heteroatoms. The quantitative estimate of drug-likeness (QED) is 0.623. The van der Waals surface area contributed by atoms with E-state index in [0.29, 0.717) is 12.0 Å². The summed E-state index contributed by atoms with van der Waals surface area (Å²) >= 11 is 0. The number of aryl methyl sites for hydroxylation is 1. The van der Waals surface area contributed by atoms with E-state index in [1.54, 1.807) is 0 Å². The zero-order valence-corrected chi connectivity index (χ0v) is 12.6. The summed E-state index contributed by atoms with van der Waals surface area (Å²) in [5.41, 5.74) is 2.47. The van der Waals surface area contributed by atoms with Crippen LogP contribution >= 0.6 is 0 Å². The Hall–Kier alpha value is -1.79. The van der Waals surface area contributed by atoms with E-state index in [-0.39, 0.29) is 12.5 Å². The molecule has 0 unspecified atom stereocenters. The maximum Gasteiger partial charge on any atom is 0.251 e. The van der Waals surface area contributed by atoms with E-state index < -0.39 is 0 Å². The fraction of sp³-hybridized carbons (Fsp3) is 0.500. The minimum atomic E-state index is -0.0193. The Kier molecular flexibility index (Phi) is 5.83. The van der Waals surface area contributed by atoms with Crippen molar-refractivity contribution < 1.29 is 9.90 Å². The molecule has 0 aromatic heterocycles. The lowest BCUT2D eigenvalue weighted by molar-refractivity contribution is 0.0952. The second-order valence-corrected chi connectivity index (χ2v) is 5.65. The van der Waals surface area contributed by atoms with Crippen LogP contribution in [-0.4, -0.2) is 24.2 Å². The third-order valence-electron chi connectivity index (χ3n) is 3.72. The van der Waals surface area contributed by atoms with Crippen molar-refractivity contribution in [3.8, 4) is 11.8 Å². The van der Waals surface area contributed by atoms with Crippen molar-refractivity contribution in [2.24, 2.45) is 5.92 Å². The zero-order valence-electron chi connectivity index (χ0n) is 12.6. The first-order chi connectivity index (χ1) is 10.2. The first kappa shape index (κ1) is 15.6. The molecule has 112 valence electrons. The monoisotopic (exact) mass is 285 g/mol. The lowest BCUT2D eigenvalue weighted by Gasteiger charge is -2.08. The maximum atomic E-state index is 12.2. The van der Waals surface area contributed by atoms with Gasteiger partial charge in [0.25, 0.3) is 5.91 Å². The topological polar surface area (TPSA) is 49.3 Å². The number of amides is 1. The molecule has 0 aliphatic heterocycles. The number of benzene rings is 1. The van der Waals surface area contributed by atoms with Crippen molar-refractivity contribution in [3.63, 3.8) is 0 Å². The van der Waals surface area contributed by atoms with E-state index in [4.69, 9.17) is 5.11 Å². The molecule has 0 spiro atoms. The maximum absolute atomic E-state index is 12.2. The van der Waals surface area contributed by atoms with Crippen molar-refractivity contribution in [2.75, 3.05) is 13.2 Å². The van der Waals surface area contributed by atoms with Gasteiger partial charge in [0, 0.05) is 24.1 Å². The van der Waals surface area contributed by atoms with Gasteiger partial charge < -0.3 is 10.4 Å². The molecule has 0 bridgehead atoms. The van der Waals surface area contributed by atoms with Crippen LogP contribution < -0.4 is 5.32 Å². The third-order valence-corrected chi connectivity index (χ3v) is 3.72. The summed E-state index contributed by atoms with van der Waals surface area (Å²) < 4.78 is 0. The fourth-order valence-electron chi connectivity index (χ4n) is 2.26. The number of aliphatic hydroxyl groups excluding tert-OH is 1. The summed E-state index contributed by atoms with van der Waals surface area (Å²) in [5, 5.41) is 11.7. The minimum Gasteiger partial charge on any atom is -0.395 e. The van der Waals surface area contributed by atoms with Gasteiger partial charge in [0.15, 0.2) is 0 Å². The molecule has 1 aromatic rings. The highest BCUT2D eigenvalue weighted by molar-refractivity contribution is 5.96. The van der Waals surface area contributed by atoms with E-state index >= 15 is 0 Å². The van der Waals surface area contributed by atoms with Crippen molar-refractivity contribution >= 4 is 5.91 Å². The van der Waals surface area contributed by atoms with Crippen molar-refractivity contribution in [1.29, 1.82) is 0 Å². The van der Waals surface area contributed by atoms with Gasteiger partial charge in [-0.15, -0.1) is 0 Å². The summed E-state index contributed by atoms with van der Waals surface area (Å²) in [6.07, 6.45) is 5.47. The molecule has 2 N–H and O–H groups in total. The van der Waals surface area contributed by atoms with Crippen LogP contribution in [0.1, 0.15) is 53.6 Å². The molecule has 0 heterocycles. The number of nitrogens with one attached hydrogen (secondary N) is 1. The molecule has 0 radical (unpaired) electrons. The highest BCUT2D eigenvalue weighted by Gasteiger charge is 2.20. The van der Waals surface area contributed by atoms with Gasteiger partial charge in [-0.1, -0.05) is 30.7 Å². The highest BCUT2D eigenvalue weighted by Crippen LogP contribution is 2.33. The largest absolute Gasteiger partial charge is 0.395 e. The summed E-state index contributed by atoms with van der Waals surface area (Å²) in [4.78, 5) is 12.2. The molecule has 1 aromatic carbocycles.